The highest BCUT2D eigenvalue weighted by Gasteiger charge is 2.13. The molecular weight excluding hydrogens is 262 g/mol. The summed E-state index contributed by atoms with van der Waals surface area (Å²) in [5, 5.41) is 3.30. The lowest BCUT2D eigenvalue weighted by molar-refractivity contribution is 0.0767. The van der Waals surface area contributed by atoms with Crippen molar-refractivity contribution in [2.24, 2.45) is 0 Å². The van der Waals surface area contributed by atoms with Gasteiger partial charge in [-0.25, -0.2) is 4.98 Å². The Morgan fingerprint density at radius 3 is 2.38 bits per heavy atom. The summed E-state index contributed by atoms with van der Waals surface area (Å²) in [5.74, 6) is -0.0189. The number of pyridine rings is 1. The smallest absolute Gasteiger partial charge is 0.272 e. The minimum atomic E-state index is -0.0189. The number of nitrogens with zero attached hydrogens (tertiary/aromatic N) is 2. The average Bonchev–Trinajstić information content (AvgIpc) is 2.55. The number of hydrogen-bond donors (Lipinski definition) is 1. The lowest BCUT2D eigenvalue weighted by Gasteiger charge is -2.18. The molecule has 1 aromatic carbocycles. The third-order valence-corrected chi connectivity index (χ3v) is 3.37. The number of anilines is 1. The van der Waals surface area contributed by atoms with E-state index in [4.69, 9.17) is 0 Å². The third-order valence-electron chi connectivity index (χ3n) is 3.37. The topological polar surface area (TPSA) is 45.2 Å². The summed E-state index contributed by atoms with van der Waals surface area (Å²) in [6.07, 6.45) is 1.71. The molecule has 110 valence electrons. The maximum atomic E-state index is 12.1. The van der Waals surface area contributed by atoms with E-state index >= 15 is 0 Å². The minimum absolute atomic E-state index is 0.0189. The maximum absolute atomic E-state index is 12.1. The fourth-order valence-corrected chi connectivity index (χ4v) is 2.10. The predicted molar refractivity (Wildman–Crippen MR) is 85.3 cm³/mol. The van der Waals surface area contributed by atoms with Crippen LogP contribution in [0.5, 0.6) is 0 Å². The SMILES string of the molecule is CCN(CC)C(=O)c1ccc(NCc2ccccc2)cn1. The molecule has 2 rings (SSSR count). The molecule has 0 bridgehead atoms. The van der Waals surface area contributed by atoms with Crippen LogP contribution in [-0.4, -0.2) is 28.9 Å². The molecule has 0 aliphatic heterocycles. The van der Waals surface area contributed by atoms with E-state index in [-0.39, 0.29) is 5.91 Å². The molecule has 0 aliphatic carbocycles. The normalized spacial score (nSPS) is 10.2. The van der Waals surface area contributed by atoms with Gasteiger partial charge in [-0.2, -0.15) is 0 Å². The Kier molecular flexibility index (Phi) is 5.32. The van der Waals surface area contributed by atoms with E-state index in [0.29, 0.717) is 18.8 Å². The van der Waals surface area contributed by atoms with Crippen LogP contribution in [0.4, 0.5) is 5.69 Å². The van der Waals surface area contributed by atoms with Gasteiger partial charge in [-0.05, 0) is 31.5 Å². The van der Waals surface area contributed by atoms with Crippen LogP contribution in [0.25, 0.3) is 0 Å². The van der Waals surface area contributed by atoms with Gasteiger partial charge in [-0.1, -0.05) is 30.3 Å². The van der Waals surface area contributed by atoms with Crippen LogP contribution in [0.2, 0.25) is 0 Å². The summed E-state index contributed by atoms with van der Waals surface area (Å²) >= 11 is 0. The van der Waals surface area contributed by atoms with Gasteiger partial charge in [0, 0.05) is 19.6 Å². The van der Waals surface area contributed by atoms with E-state index in [2.05, 4.69) is 22.4 Å². The van der Waals surface area contributed by atoms with Crippen LogP contribution in [0.3, 0.4) is 0 Å². The molecule has 1 amide bonds. The first-order valence-electron chi connectivity index (χ1n) is 7.27. The number of carbonyl (C=O) groups excluding carboxylic acids is 1. The number of amides is 1. The second kappa shape index (κ2) is 7.43. The molecule has 0 atom stereocenters. The van der Waals surface area contributed by atoms with Gasteiger partial charge >= 0.3 is 0 Å². The number of nitrogens with one attached hydrogen (secondary N) is 1. The van der Waals surface area contributed by atoms with Crippen LogP contribution in [0.1, 0.15) is 29.9 Å². The first-order chi connectivity index (χ1) is 10.2. The quantitative estimate of drug-likeness (QED) is 0.885. The lowest BCUT2D eigenvalue weighted by atomic mass is 10.2. The maximum Gasteiger partial charge on any atom is 0.272 e. The van der Waals surface area contributed by atoms with Crippen LogP contribution in [0.15, 0.2) is 48.7 Å². The molecule has 0 aliphatic rings. The third kappa shape index (κ3) is 4.05. The largest absolute Gasteiger partial charge is 0.380 e. The van der Waals surface area contributed by atoms with Gasteiger partial charge in [-0.15, -0.1) is 0 Å². The van der Waals surface area contributed by atoms with Gasteiger partial charge in [0.25, 0.3) is 5.91 Å². The summed E-state index contributed by atoms with van der Waals surface area (Å²) in [6, 6.07) is 13.8. The molecule has 0 unspecified atom stereocenters. The molecule has 0 fully saturated rings. The summed E-state index contributed by atoms with van der Waals surface area (Å²) in [5.41, 5.74) is 2.61. The predicted octanol–water partition coefficient (Wildman–Crippen LogP) is 3.18. The molecule has 0 spiro atoms. The highest BCUT2D eigenvalue weighted by Crippen LogP contribution is 2.10. The van der Waals surface area contributed by atoms with Crippen molar-refractivity contribution >= 4 is 11.6 Å². The van der Waals surface area contributed by atoms with Crippen LogP contribution in [-0.2, 0) is 6.54 Å². The van der Waals surface area contributed by atoms with Crippen molar-refractivity contribution < 1.29 is 4.79 Å². The summed E-state index contributed by atoms with van der Waals surface area (Å²) in [7, 11) is 0. The molecule has 1 heterocycles. The second-order valence-electron chi connectivity index (χ2n) is 4.75. The van der Waals surface area contributed by atoms with E-state index in [1.165, 1.54) is 5.56 Å². The van der Waals surface area contributed by atoms with E-state index in [0.717, 1.165) is 12.2 Å². The minimum Gasteiger partial charge on any atom is -0.380 e. The second-order valence-corrected chi connectivity index (χ2v) is 4.75. The molecule has 2 aromatic rings. The molecule has 4 nitrogen and oxygen atoms in total. The van der Waals surface area contributed by atoms with Crippen molar-refractivity contribution in [3.05, 3.63) is 59.9 Å². The summed E-state index contributed by atoms with van der Waals surface area (Å²) < 4.78 is 0. The lowest BCUT2D eigenvalue weighted by Crippen LogP contribution is -2.31. The molecule has 1 N–H and O–H groups in total. The van der Waals surface area contributed by atoms with E-state index in [1.54, 1.807) is 17.2 Å². The Hall–Kier alpha value is -2.36. The van der Waals surface area contributed by atoms with E-state index < -0.39 is 0 Å². The standard InChI is InChI=1S/C17H21N3O/c1-3-20(4-2)17(21)16-11-10-15(13-19-16)18-12-14-8-6-5-7-9-14/h5-11,13,18H,3-4,12H2,1-2H3. The van der Waals surface area contributed by atoms with Gasteiger partial charge in [0.05, 0.1) is 11.9 Å². The van der Waals surface area contributed by atoms with Crippen molar-refractivity contribution in [2.45, 2.75) is 20.4 Å². The molecule has 21 heavy (non-hydrogen) atoms. The number of benzene rings is 1. The Morgan fingerprint density at radius 1 is 1.10 bits per heavy atom. The number of rotatable bonds is 6. The number of carbonyl (C=O) groups is 1. The van der Waals surface area contributed by atoms with E-state index in [1.807, 2.05) is 38.1 Å². The number of hydrogen-bond acceptors (Lipinski definition) is 3. The molecule has 0 radical (unpaired) electrons. The molecule has 4 heteroatoms. The molecular formula is C17H21N3O. The van der Waals surface area contributed by atoms with Crippen LogP contribution >= 0.6 is 0 Å². The molecule has 0 saturated heterocycles. The van der Waals surface area contributed by atoms with Crippen molar-refractivity contribution in [3.63, 3.8) is 0 Å². The van der Waals surface area contributed by atoms with Crippen molar-refractivity contribution in [1.29, 1.82) is 0 Å². The summed E-state index contributed by atoms with van der Waals surface area (Å²) in [4.78, 5) is 18.2. The highest BCUT2D eigenvalue weighted by atomic mass is 16.2. The van der Waals surface area contributed by atoms with Gasteiger partial charge in [0.2, 0.25) is 0 Å². The van der Waals surface area contributed by atoms with Crippen molar-refractivity contribution in [3.8, 4) is 0 Å². The first-order valence-corrected chi connectivity index (χ1v) is 7.27. The number of aromatic nitrogens is 1. The molecule has 0 saturated carbocycles. The Balaban J connectivity index is 1.97. The molecule has 1 aromatic heterocycles. The highest BCUT2D eigenvalue weighted by molar-refractivity contribution is 5.92. The summed E-state index contributed by atoms with van der Waals surface area (Å²) in [6.45, 7) is 6.08. The fraction of sp³-hybridized carbons (Fsp3) is 0.294. The van der Waals surface area contributed by atoms with Crippen molar-refractivity contribution in [2.75, 3.05) is 18.4 Å². The Bertz CT molecular complexity index is 562. The van der Waals surface area contributed by atoms with Gasteiger partial charge < -0.3 is 10.2 Å². The monoisotopic (exact) mass is 283 g/mol. The van der Waals surface area contributed by atoms with Crippen molar-refractivity contribution in [1.82, 2.24) is 9.88 Å². The zero-order chi connectivity index (χ0) is 15.1. The van der Waals surface area contributed by atoms with E-state index in [9.17, 15) is 4.79 Å². The van der Waals surface area contributed by atoms with Crippen LogP contribution < -0.4 is 5.32 Å². The van der Waals surface area contributed by atoms with Crippen LogP contribution in [0, 0.1) is 0 Å². The van der Waals surface area contributed by atoms with Gasteiger partial charge in [-0.3, -0.25) is 4.79 Å². The fourth-order valence-electron chi connectivity index (χ4n) is 2.10. The first kappa shape index (κ1) is 15.0. The Morgan fingerprint density at radius 2 is 1.81 bits per heavy atom. The zero-order valence-corrected chi connectivity index (χ0v) is 12.5. The van der Waals surface area contributed by atoms with Gasteiger partial charge in [0.1, 0.15) is 5.69 Å². The Labute approximate surface area is 125 Å². The van der Waals surface area contributed by atoms with Gasteiger partial charge in [0.15, 0.2) is 0 Å². The average molecular weight is 283 g/mol. The zero-order valence-electron chi connectivity index (χ0n) is 12.5.